The largest absolute Gasteiger partial charge is 0.351 e. The second kappa shape index (κ2) is 2.77. The summed E-state index contributed by atoms with van der Waals surface area (Å²) < 4.78 is 0. The standard InChI is InChI=1S/C6H11N3O2/c1-4-2-8-6(11)9(3-4)5(7)10/h4H,2-3H2,1H3,(H2,7,10)(H,8,11). The van der Waals surface area contributed by atoms with Crippen molar-refractivity contribution in [2.75, 3.05) is 13.1 Å². The molecule has 5 nitrogen and oxygen atoms in total. The average molecular weight is 157 g/mol. The number of urea groups is 2. The molecule has 4 amide bonds. The molecular formula is C6H11N3O2. The first-order valence-electron chi connectivity index (χ1n) is 3.46. The second-order valence-corrected chi connectivity index (χ2v) is 2.74. The van der Waals surface area contributed by atoms with Gasteiger partial charge in [0, 0.05) is 13.1 Å². The van der Waals surface area contributed by atoms with Gasteiger partial charge in [0.25, 0.3) is 0 Å². The van der Waals surface area contributed by atoms with E-state index in [2.05, 4.69) is 5.32 Å². The van der Waals surface area contributed by atoms with E-state index in [4.69, 9.17) is 5.73 Å². The van der Waals surface area contributed by atoms with Gasteiger partial charge in [-0.3, -0.25) is 0 Å². The van der Waals surface area contributed by atoms with Crippen LogP contribution in [0.2, 0.25) is 0 Å². The molecule has 5 heteroatoms. The van der Waals surface area contributed by atoms with E-state index in [9.17, 15) is 9.59 Å². The molecule has 1 aliphatic heterocycles. The van der Waals surface area contributed by atoms with Crippen LogP contribution in [0.3, 0.4) is 0 Å². The summed E-state index contributed by atoms with van der Waals surface area (Å²) in [6, 6.07) is -1.08. The normalized spacial score (nSPS) is 24.6. The second-order valence-electron chi connectivity index (χ2n) is 2.74. The molecule has 0 saturated carbocycles. The van der Waals surface area contributed by atoms with Crippen molar-refractivity contribution in [3.63, 3.8) is 0 Å². The maximum Gasteiger partial charge on any atom is 0.325 e. The number of hydrogen-bond acceptors (Lipinski definition) is 2. The molecular weight excluding hydrogens is 146 g/mol. The van der Waals surface area contributed by atoms with Gasteiger partial charge in [-0.15, -0.1) is 0 Å². The van der Waals surface area contributed by atoms with Crippen LogP contribution in [-0.2, 0) is 0 Å². The summed E-state index contributed by atoms with van der Waals surface area (Å²) in [6.45, 7) is 2.97. The molecule has 1 saturated heterocycles. The van der Waals surface area contributed by atoms with E-state index in [0.717, 1.165) is 4.90 Å². The zero-order valence-electron chi connectivity index (χ0n) is 6.33. The molecule has 1 atom stereocenters. The zero-order valence-corrected chi connectivity index (χ0v) is 6.33. The van der Waals surface area contributed by atoms with E-state index >= 15 is 0 Å². The Labute approximate surface area is 64.5 Å². The zero-order chi connectivity index (χ0) is 8.43. The van der Waals surface area contributed by atoms with Crippen LogP contribution in [0.1, 0.15) is 6.92 Å². The Kier molecular flexibility index (Phi) is 1.98. The highest BCUT2D eigenvalue weighted by Crippen LogP contribution is 2.04. The van der Waals surface area contributed by atoms with Crippen molar-refractivity contribution in [2.24, 2.45) is 11.7 Å². The van der Waals surface area contributed by atoms with Crippen LogP contribution < -0.4 is 11.1 Å². The Bertz CT molecular complexity index is 192. The van der Waals surface area contributed by atoms with Crippen molar-refractivity contribution in [3.8, 4) is 0 Å². The Morgan fingerprint density at radius 2 is 2.45 bits per heavy atom. The lowest BCUT2D eigenvalue weighted by Gasteiger charge is -2.28. The minimum Gasteiger partial charge on any atom is -0.351 e. The first kappa shape index (κ1) is 7.84. The van der Waals surface area contributed by atoms with Crippen LogP contribution >= 0.6 is 0 Å². The van der Waals surface area contributed by atoms with E-state index in [1.165, 1.54) is 0 Å². The van der Waals surface area contributed by atoms with Crippen molar-refractivity contribution < 1.29 is 9.59 Å². The third-order valence-electron chi connectivity index (χ3n) is 1.61. The number of hydrogen-bond donors (Lipinski definition) is 2. The molecule has 0 bridgehead atoms. The molecule has 1 heterocycles. The predicted octanol–water partition coefficient (Wildman–Crippen LogP) is -0.274. The topological polar surface area (TPSA) is 75.4 Å². The fourth-order valence-electron chi connectivity index (χ4n) is 1.01. The summed E-state index contributed by atoms with van der Waals surface area (Å²) in [4.78, 5) is 22.5. The maximum absolute atomic E-state index is 10.9. The molecule has 62 valence electrons. The van der Waals surface area contributed by atoms with Crippen molar-refractivity contribution in [1.82, 2.24) is 10.2 Å². The van der Waals surface area contributed by atoms with Crippen LogP contribution in [0, 0.1) is 5.92 Å². The Morgan fingerprint density at radius 3 is 2.91 bits per heavy atom. The van der Waals surface area contributed by atoms with Gasteiger partial charge < -0.3 is 11.1 Å². The van der Waals surface area contributed by atoms with Crippen LogP contribution in [0.5, 0.6) is 0 Å². The average Bonchev–Trinajstić information content (AvgIpc) is 1.94. The third kappa shape index (κ3) is 1.60. The summed E-state index contributed by atoms with van der Waals surface area (Å²) >= 11 is 0. The molecule has 1 aliphatic rings. The van der Waals surface area contributed by atoms with Crippen LogP contribution in [0.25, 0.3) is 0 Å². The molecule has 0 aromatic rings. The van der Waals surface area contributed by atoms with Gasteiger partial charge in [0.1, 0.15) is 0 Å². The quantitative estimate of drug-likeness (QED) is 0.507. The SMILES string of the molecule is CC1CNC(=O)N(C(N)=O)C1. The highest BCUT2D eigenvalue weighted by Gasteiger charge is 2.25. The molecule has 0 aromatic heterocycles. The number of primary amides is 1. The lowest BCUT2D eigenvalue weighted by Crippen LogP contribution is -2.54. The molecule has 0 aliphatic carbocycles. The summed E-state index contributed by atoms with van der Waals surface area (Å²) in [5.74, 6) is 0.278. The molecule has 11 heavy (non-hydrogen) atoms. The van der Waals surface area contributed by atoms with Crippen LogP contribution in [0.4, 0.5) is 9.59 Å². The van der Waals surface area contributed by atoms with Crippen molar-refractivity contribution in [3.05, 3.63) is 0 Å². The van der Waals surface area contributed by atoms with Gasteiger partial charge in [-0.2, -0.15) is 0 Å². The summed E-state index contributed by atoms with van der Waals surface area (Å²) in [5, 5.41) is 2.55. The predicted molar refractivity (Wildman–Crippen MR) is 38.9 cm³/mol. The fourth-order valence-corrected chi connectivity index (χ4v) is 1.01. The van der Waals surface area contributed by atoms with Crippen LogP contribution in [0.15, 0.2) is 0 Å². The first-order valence-corrected chi connectivity index (χ1v) is 3.46. The van der Waals surface area contributed by atoms with Gasteiger partial charge >= 0.3 is 12.1 Å². The minimum atomic E-state index is -0.686. The Hall–Kier alpha value is -1.26. The van der Waals surface area contributed by atoms with E-state index < -0.39 is 12.1 Å². The summed E-state index contributed by atoms with van der Waals surface area (Å²) in [7, 11) is 0. The molecule has 1 rings (SSSR count). The number of nitrogens with zero attached hydrogens (tertiary/aromatic N) is 1. The van der Waals surface area contributed by atoms with E-state index in [1.807, 2.05) is 6.92 Å². The van der Waals surface area contributed by atoms with Crippen LogP contribution in [-0.4, -0.2) is 30.1 Å². The van der Waals surface area contributed by atoms with E-state index in [-0.39, 0.29) is 5.92 Å². The van der Waals surface area contributed by atoms with Gasteiger partial charge in [0.15, 0.2) is 0 Å². The highest BCUT2D eigenvalue weighted by molar-refractivity contribution is 5.93. The summed E-state index contributed by atoms with van der Waals surface area (Å²) in [6.07, 6.45) is 0. The number of carbonyl (C=O) groups excluding carboxylic acids is 2. The molecule has 1 fully saturated rings. The first-order chi connectivity index (χ1) is 5.11. The Balaban J connectivity index is 2.61. The molecule has 0 radical (unpaired) electrons. The number of rotatable bonds is 0. The molecule has 1 unspecified atom stereocenters. The lowest BCUT2D eigenvalue weighted by atomic mass is 10.1. The van der Waals surface area contributed by atoms with Crippen molar-refractivity contribution >= 4 is 12.1 Å². The maximum atomic E-state index is 10.9. The lowest BCUT2D eigenvalue weighted by molar-refractivity contribution is 0.172. The number of nitrogens with one attached hydrogen (secondary N) is 1. The number of imide groups is 1. The smallest absolute Gasteiger partial charge is 0.325 e. The van der Waals surface area contributed by atoms with Gasteiger partial charge in [0.05, 0.1) is 0 Å². The van der Waals surface area contributed by atoms with Gasteiger partial charge in [0.2, 0.25) is 0 Å². The highest BCUT2D eigenvalue weighted by atomic mass is 16.2. The van der Waals surface area contributed by atoms with Gasteiger partial charge in [-0.1, -0.05) is 6.92 Å². The van der Waals surface area contributed by atoms with Crippen molar-refractivity contribution in [1.29, 1.82) is 0 Å². The van der Waals surface area contributed by atoms with E-state index in [0.29, 0.717) is 13.1 Å². The van der Waals surface area contributed by atoms with E-state index in [1.54, 1.807) is 0 Å². The number of carbonyl (C=O) groups is 2. The minimum absolute atomic E-state index is 0.278. The summed E-state index contributed by atoms with van der Waals surface area (Å²) in [5.41, 5.74) is 4.95. The number of amides is 4. The van der Waals surface area contributed by atoms with Gasteiger partial charge in [-0.25, -0.2) is 14.5 Å². The molecule has 0 spiro atoms. The molecule has 3 N–H and O–H groups in total. The fraction of sp³-hybridized carbons (Fsp3) is 0.667. The monoisotopic (exact) mass is 157 g/mol. The van der Waals surface area contributed by atoms with Gasteiger partial charge in [-0.05, 0) is 5.92 Å². The molecule has 0 aromatic carbocycles. The number of nitrogens with two attached hydrogens (primary N) is 1. The third-order valence-corrected chi connectivity index (χ3v) is 1.61. The Morgan fingerprint density at radius 1 is 1.82 bits per heavy atom. The van der Waals surface area contributed by atoms with Crippen molar-refractivity contribution in [2.45, 2.75) is 6.92 Å².